The van der Waals surface area contributed by atoms with Gasteiger partial charge < -0.3 is 14.2 Å². The van der Waals surface area contributed by atoms with Gasteiger partial charge in [0.15, 0.2) is 17.2 Å². The number of hydrogen-bond acceptors (Lipinski definition) is 7. The van der Waals surface area contributed by atoms with Crippen LogP contribution in [0.3, 0.4) is 0 Å². The highest BCUT2D eigenvalue weighted by Gasteiger charge is 2.31. The number of amides is 2. The smallest absolute Gasteiger partial charge is 0.351 e. The maximum Gasteiger partial charge on any atom is 0.351 e. The minimum atomic E-state index is -0.669. The molecular formula is C34H41BrN2O6S. The Labute approximate surface area is 272 Å². The number of carbonyl (C=O) groups excluding carboxylic acids is 3. The molecule has 44 heavy (non-hydrogen) atoms. The monoisotopic (exact) mass is 684 g/mol. The Balaban J connectivity index is 1.70. The summed E-state index contributed by atoms with van der Waals surface area (Å²) in [6, 6.07) is 15.8. The van der Waals surface area contributed by atoms with Crippen molar-refractivity contribution in [2.45, 2.75) is 77.9 Å². The van der Waals surface area contributed by atoms with Crippen molar-refractivity contribution in [3.8, 4) is 16.2 Å². The minimum absolute atomic E-state index is 0.0639. The molecule has 4 rings (SSSR count). The van der Waals surface area contributed by atoms with Crippen LogP contribution in [0.15, 0.2) is 53.0 Å². The molecule has 1 aliphatic rings. The van der Waals surface area contributed by atoms with Crippen molar-refractivity contribution in [3.63, 3.8) is 0 Å². The maximum atomic E-state index is 14.2. The molecule has 236 valence electrons. The summed E-state index contributed by atoms with van der Waals surface area (Å²) in [5.74, 6) is -0.916. The van der Waals surface area contributed by atoms with Gasteiger partial charge >= 0.3 is 18.0 Å². The lowest BCUT2D eigenvalue weighted by atomic mass is 9.93. The second-order valence-electron chi connectivity index (χ2n) is 11.8. The van der Waals surface area contributed by atoms with Gasteiger partial charge in [-0.05, 0) is 91.4 Å². The van der Waals surface area contributed by atoms with E-state index in [4.69, 9.17) is 14.2 Å². The highest BCUT2D eigenvalue weighted by molar-refractivity contribution is 9.10. The van der Waals surface area contributed by atoms with Crippen LogP contribution in [0.25, 0.3) is 10.4 Å². The van der Waals surface area contributed by atoms with Crippen LogP contribution in [-0.2, 0) is 20.7 Å². The molecule has 1 aliphatic carbocycles. The van der Waals surface area contributed by atoms with Gasteiger partial charge in [-0.2, -0.15) is 0 Å². The van der Waals surface area contributed by atoms with Gasteiger partial charge in [0.1, 0.15) is 5.60 Å². The van der Waals surface area contributed by atoms with Crippen molar-refractivity contribution in [2.24, 2.45) is 0 Å². The molecule has 0 bridgehead atoms. The number of methoxy groups -OCH3 is 1. The van der Waals surface area contributed by atoms with E-state index in [2.05, 4.69) is 35.0 Å². The molecule has 10 heteroatoms. The predicted octanol–water partition coefficient (Wildman–Crippen LogP) is 8.64. The lowest BCUT2D eigenvalue weighted by molar-refractivity contribution is -0.157. The molecule has 0 N–H and O–H groups in total. The fourth-order valence-electron chi connectivity index (χ4n) is 5.28. The largest absolute Gasteiger partial charge is 0.479 e. The number of ether oxygens (including phenoxy) is 3. The van der Waals surface area contributed by atoms with Crippen LogP contribution in [-0.4, -0.2) is 50.4 Å². The van der Waals surface area contributed by atoms with Gasteiger partial charge in [0, 0.05) is 24.5 Å². The number of benzene rings is 2. The average Bonchev–Trinajstić information content (AvgIpc) is 3.35. The molecule has 1 saturated carbocycles. The molecule has 1 aromatic heterocycles. The highest BCUT2D eigenvalue weighted by Crippen LogP contribution is 2.47. The van der Waals surface area contributed by atoms with Gasteiger partial charge in [-0.25, -0.2) is 14.4 Å². The third-order valence-electron chi connectivity index (χ3n) is 7.49. The van der Waals surface area contributed by atoms with Crippen LogP contribution in [0.1, 0.15) is 75.0 Å². The number of anilines is 2. The molecular weight excluding hydrogens is 644 g/mol. The number of carbonyl (C=O) groups is 3. The molecule has 0 radical (unpaired) electrons. The van der Waals surface area contributed by atoms with Crippen LogP contribution in [0.4, 0.5) is 16.2 Å². The number of thiophene rings is 1. The molecule has 2 aromatic carbocycles. The van der Waals surface area contributed by atoms with E-state index in [1.807, 2.05) is 48.3 Å². The highest BCUT2D eigenvalue weighted by atomic mass is 79.9. The topological polar surface area (TPSA) is 85.4 Å². The van der Waals surface area contributed by atoms with E-state index in [0.29, 0.717) is 9.35 Å². The summed E-state index contributed by atoms with van der Waals surface area (Å²) in [7, 11) is 3.11. The fourth-order valence-corrected chi connectivity index (χ4v) is 7.25. The normalized spacial score (nSPS) is 13.7. The lowest BCUT2D eigenvalue weighted by Crippen LogP contribution is -2.48. The molecule has 3 aromatic rings. The van der Waals surface area contributed by atoms with Gasteiger partial charge in [0.05, 0.1) is 16.5 Å². The van der Waals surface area contributed by atoms with Crippen LogP contribution in [0.5, 0.6) is 5.75 Å². The molecule has 0 unspecified atom stereocenters. The molecule has 8 nitrogen and oxygen atoms in total. The van der Waals surface area contributed by atoms with Crippen molar-refractivity contribution in [1.29, 1.82) is 0 Å². The van der Waals surface area contributed by atoms with Crippen molar-refractivity contribution in [2.75, 3.05) is 30.6 Å². The van der Waals surface area contributed by atoms with Gasteiger partial charge in [0.2, 0.25) is 0 Å². The van der Waals surface area contributed by atoms with Crippen LogP contribution in [0, 0.1) is 0 Å². The summed E-state index contributed by atoms with van der Waals surface area (Å²) < 4.78 is 16.7. The zero-order valence-electron chi connectivity index (χ0n) is 26.3. The Morgan fingerprint density at radius 3 is 2.30 bits per heavy atom. The standard InChI is InChI=1S/C34H41BrN2O6S/c1-7-22-16-18-24(19-17-22)36(5)33(40)37(25-13-9-8-10-14-25)26-15-11-12-23(20-26)30-28(35)29(31(44-30)32(39)41-6)42-21-27(38)43-34(2,3)4/h11-12,15-20,25H,7-10,13-14,21H2,1-6H3. The number of hydrogen-bond donors (Lipinski definition) is 0. The molecule has 0 aliphatic heterocycles. The summed E-state index contributed by atoms with van der Waals surface area (Å²) in [5, 5.41) is 0. The summed E-state index contributed by atoms with van der Waals surface area (Å²) in [4.78, 5) is 43.8. The average molecular weight is 686 g/mol. The maximum absolute atomic E-state index is 14.2. The summed E-state index contributed by atoms with van der Waals surface area (Å²) >= 11 is 4.81. The third kappa shape index (κ3) is 8.01. The van der Waals surface area contributed by atoms with Gasteiger partial charge in [0.25, 0.3) is 0 Å². The first-order valence-electron chi connectivity index (χ1n) is 14.9. The molecule has 1 fully saturated rings. The number of rotatable bonds is 9. The van der Waals surface area contributed by atoms with Gasteiger partial charge in [-0.1, -0.05) is 50.5 Å². The molecule has 2 amide bonds. The zero-order valence-corrected chi connectivity index (χ0v) is 28.7. The minimum Gasteiger partial charge on any atom is -0.479 e. The van der Waals surface area contributed by atoms with Crippen molar-refractivity contribution < 1.29 is 28.6 Å². The zero-order chi connectivity index (χ0) is 32.0. The van der Waals surface area contributed by atoms with E-state index in [9.17, 15) is 14.4 Å². The van der Waals surface area contributed by atoms with E-state index in [0.717, 1.165) is 55.5 Å². The third-order valence-corrected chi connectivity index (χ3v) is 9.70. The Morgan fingerprint density at radius 1 is 1.00 bits per heavy atom. The number of aryl methyl sites for hydroxylation is 1. The van der Waals surface area contributed by atoms with E-state index in [1.54, 1.807) is 25.7 Å². The number of esters is 2. The van der Waals surface area contributed by atoms with Gasteiger partial charge in [-0.15, -0.1) is 11.3 Å². The first kappa shape index (κ1) is 33.5. The molecule has 0 saturated heterocycles. The summed E-state index contributed by atoms with van der Waals surface area (Å²) in [6.07, 6.45) is 6.09. The Bertz CT molecular complexity index is 1470. The molecule has 1 heterocycles. The van der Waals surface area contributed by atoms with Crippen LogP contribution >= 0.6 is 27.3 Å². The quantitative estimate of drug-likeness (QED) is 0.210. The van der Waals surface area contributed by atoms with Gasteiger partial charge in [-0.3, -0.25) is 9.80 Å². The second-order valence-corrected chi connectivity index (χ2v) is 13.7. The Kier molecular flexibility index (Phi) is 11.1. The number of urea groups is 1. The fraction of sp³-hybridized carbons (Fsp3) is 0.441. The first-order chi connectivity index (χ1) is 20.9. The number of nitrogens with zero attached hydrogens (tertiary/aromatic N) is 2. The Morgan fingerprint density at radius 2 is 1.68 bits per heavy atom. The van der Waals surface area contributed by atoms with E-state index in [-0.39, 0.29) is 29.3 Å². The second kappa shape index (κ2) is 14.6. The van der Waals surface area contributed by atoms with E-state index < -0.39 is 17.5 Å². The van der Waals surface area contributed by atoms with Crippen molar-refractivity contribution in [3.05, 3.63) is 63.4 Å². The summed E-state index contributed by atoms with van der Waals surface area (Å²) in [5.41, 5.74) is 2.94. The van der Waals surface area contributed by atoms with Crippen LogP contribution < -0.4 is 14.5 Å². The molecule has 0 atom stereocenters. The van der Waals surface area contributed by atoms with Crippen molar-refractivity contribution in [1.82, 2.24) is 0 Å². The SMILES string of the molecule is CCc1ccc(N(C)C(=O)N(c2cccc(-c3sc(C(=O)OC)c(OCC(=O)OC(C)(C)C)c3Br)c2)C2CCCCC2)cc1. The molecule has 0 spiro atoms. The van der Waals surface area contributed by atoms with Crippen LogP contribution in [0.2, 0.25) is 0 Å². The predicted molar refractivity (Wildman–Crippen MR) is 179 cm³/mol. The Hall–Kier alpha value is -3.37. The van der Waals surface area contributed by atoms with Crippen molar-refractivity contribution >= 4 is 56.6 Å². The summed E-state index contributed by atoms with van der Waals surface area (Å²) in [6.45, 7) is 7.07. The lowest BCUT2D eigenvalue weighted by Gasteiger charge is -2.37. The van der Waals surface area contributed by atoms with E-state index >= 15 is 0 Å². The first-order valence-corrected chi connectivity index (χ1v) is 16.6. The number of halogens is 1. The van der Waals surface area contributed by atoms with E-state index in [1.165, 1.54) is 24.0 Å².